The average Bonchev–Trinajstić information content (AvgIpc) is 2.47. The van der Waals surface area contributed by atoms with Crippen molar-refractivity contribution in [1.29, 1.82) is 0 Å². The minimum absolute atomic E-state index is 0.113. The van der Waals surface area contributed by atoms with E-state index in [1.807, 2.05) is 6.20 Å². The first-order valence-corrected chi connectivity index (χ1v) is 4.48. The Morgan fingerprint density at radius 1 is 1.54 bits per heavy atom. The highest BCUT2D eigenvalue weighted by molar-refractivity contribution is 6.30. The number of hydrogen-bond donors (Lipinski definition) is 1. The predicted molar refractivity (Wildman–Crippen MR) is 53.3 cm³/mol. The molecule has 0 aromatic carbocycles. The zero-order chi connectivity index (χ0) is 9.47. The number of aliphatic imine (C=N–C) groups is 1. The lowest BCUT2D eigenvalue weighted by Gasteiger charge is -2.37. The van der Waals surface area contributed by atoms with Crippen LogP contribution in [0.1, 0.15) is 20.8 Å². The number of fused-ring (bicyclic) bond motifs is 1. The molecule has 0 spiro atoms. The highest BCUT2D eigenvalue weighted by atomic mass is 15.5. The number of rotatable bonds is 1. The van der Waals surface area contributed by atoms with Crippen LogP contribution in [0.3, 0.4) is 0 Å². The van der Waals surface area contributed by atoms with Gasteiger partial charge in [-0.1, -0.05) is 13.8 Å². The second-order valence-electron chi connectivity index (χ2n) is 3.83. The van der Waals surface area contributed by atoms with E-state index >= 15 is 0 Å². The van der Waals surface area contributed by atoms with E-state index in [0.717, 1.165) is 5.84 Å². The molecular formula is C9H14N4. The van der Waals surface area contributed by atoms with E-state index in [-0.39, 0.29) is 5.66 Å². The van der Waals surface area contributed by atoms with Crippen LogP contribution >= 0.6 is 0 Å². The summed E-state index contributed by atoms with van der Waals surface area (Å²) in [5, 5.41) is 4.22. The van der Waals surface area contributed by atoms with Gasteiger partial charge in [-0.15, -0.1) is 0 Å². The summed E-state index contributed by atoms with van der Waals surface area (Å²) in [5.74, 6) is 1.36. The van der Waals surface area contributed by atoms with E-state index in [4.69, 9.17) is 0 Å². The number of nitrogens with zero attached hydrogens (tertiary/aromatic N) is 3. The van der Waals surface area contributed by atoms with Gasteiger partial charge in [0, 0.05) is 12.4 Å². The summed E-state index contributed by atoms with van der Waals surface area (Å²) >= 11 is 0. The van der Waals surface area contributed by atoms with Gasteiger partial charge in [-0.25, -0.2) is 0 Å². The van der Waals surface area contributed by atoms with Crippen molar-refractivity contribution < 1.29 is 0 Å². The average molecular weight is 178 g/mol. The number of nitrogens with one attached hydrogen (secondary N) is 1. The molecule has 0 amide bonds. The summed E-state index contributed by atoms with van der Waals surface area (Å²) in [4.78, 5) is 6.14. The Balaban J connectivity index is 2.31. The molecule has 2 aliphatic heterocycles. The zero-order valence-electron chi connectivity index (χ0n) is 8.15. The molecule has 1 unspecified atom stereocenters. The third-order valence-corrected chi connectivity index (χ3v) is 2.76. The number of hydrazone groups is 1. The highest BCUT2D eigenvalue weighted by Gasteiger charge is 2.40. The molecule has 13 heavy (non-hydrogen) atoms. The van der Waals surface area contributed by atoms with Crippen molar-refractivity contribution >= 4 is 12.1 Å². The number of amidine groups is 1. The molecule has 0 saturated carbocycles. The molecule has 4 heteroatoms. The highest BCUT2D eigenvalue weighted by Crippen LogP contribution is 2.27. The maximum atomic E-state index is 4.22. The van der Waals surface area contributed by atoms with Crippen LogP contribution in [-0.2, 0) is 0 Å². The normalized spacial score (nSPS) is 30.5. The summed E-state index contributed by atoms with van der Waals surface area (Å²) < 4.78 is 0. The van der Waals surface area contributed by atoms with Gasteiger partial charge in [-0.2, -0.15) is 5.10 Å². The van der Waals surface area contributed by atoms with E-state index in [0.29, 0.717) is 5.92 Å². The molecular weight excluding hydrogens is 164 g/mol. The van der Waals surface area contributed by atoms with Crippen LogP contribution in [0, 0.1) is 5.92 Å². The van der Waals surface area contributed by atoms with Crippen LogP contribution in [0.15, 0.2) is 22.5 Å². The van der Waals surface area contributed by atoms with Gasteiger partial charge >= 0.3 is 0 Å². The number of hydrogen-bond acceptors (Lipinski definition) is 4. The Kier molecular flexibility index (Phi) is 1.65. The Morgan fingerprint density at radius 3 is 3.00 bits per heavy atom. The second kappa shape index (κ2) is 2.58. The van der Waals surface area contributed by atoms with Crippen molar-refractivity contribution in [1.82, 2.24) is 10.3 Å². The van der Waals surface area contributed by atoms with Crippen molar-refractivity contribution in [2.45, 2.75) is 26.4 Å². The van der Waals surface area contributed by atoms with Gasteiger partial charge in [0.1, 0.15) is 5.66 Å². The lowest BCUT2D eigenvalue weighted by Crippen LogP contribution is -2.53. The molecule has 0 bridgehead atoms. The third kappa shape index (κ3) is 1.05. The molecule has 2 aliphatic rings. The molecule has 0 aromatic rings. The summed E-state index contributed by atoms with van der Waals surface area (Å²) in [7, 11) is 0. The Bertz CT molecular complexity index is 303. The van der Waals surface area contributed by atoms with Crippen LogP contribution in [0.25, 0.3) is 0 Å². The first-order valence-electron chi connectivity index (χ1n) is 4.48. The standard InChI is InChI=1S/C9H14N4/c1-7(2)9(3)12-11-8-6-10-4-5-13(8)9/h4-7,12H,1-3H3. The fraction of sp³-hybridized carbons (Fsp3) is 0.556. The smallest absolute Gasteiger partial charge is 0.172 e. The predicted octanol–water partition coefficient (Wildman–Crippen LogP) is 1.13. The topological polar surface area (TPSA) is 40.0 Å². The van der Waals surface area contributed by atoms with Crippen LogP contribution < -0.4 is 5.43 Å². The molecule has 4 nitrogen and oxygen atoms in total. The molecule has 1 atom stereocenters. The first kappa shape index (κ1) is 8.29. The first-order chi connectivity index (χ1) is 6.14. The monoisotopic (exact) mass is 178 g/mol. The fourth-order valence-corrected chi connectivity index (χ4v) is 1.46. The van der Waals surface area contributed by atoms with Crippen molar-refractivity contribution in [2.75, 3.05) is 0 Å². The van der Waals surface area contributed by atoms with E-state index < -0.39 is 0 Å². The lowest BCUT2D eigenvalue weighted by atomic mass is 9.97. The van der Waals surface area contributed by atoms with Gasteiger partial charge in [0.25, 0.3) is 0 Å². The maximum absolute atomic E-state index is 4.22. The van der Waals surface area contributed by atoms with Gasteiger partial charge in [0.2, 0.25) is 0 Å². The van der Waals surface area contributed by atoms with Crippen molar-refractivity contribution in [3.63, 3.8) is 0 Å². The van der Waals surface area contributed by atoms with Gasteiger partial charge in [-0.05, 0) is 12.8 Å². The summed E-state index contributed by atoms with van der Waals surface area (Å²) in [6.07, 6.45) is 5.51. The molecule has 0 aliphatic carbocycles. The van der Waals surface area contributed by atoms with Gasteiger partial charge in [0.15, 0.2) is 5.84 Å². The zero-order valence-corrected chi connectivity index (χ0v) is 8.15. The molecule has 1 N–H and O–H groups in total. The second-order valence-corrected chi connectivity index (χ2v) is 3.83. The summed E-state index contributed by atoms with van der Waals surface area (Å²) in [6.45, 7) is 6.48. The third-order valence-electron chi connectivity index (χ3n) is 2.76. The van der Waals surface area contributed by atoms with Crippen molar-refractivity contribution in [2.24, 2.45) is 16.0 Å². The SMILES string of the molecule is CC(C)C1(C)NN=C2C=NC=CN21. The summed E-state index contributed by atoms with van der Waals surface area (Å²) in [6, 6.07) is 0. The Labute approximate surface area is 78.0 Å². The van der Waals surface area contributed by atoms with Crippen molar-refractivity contribution in [3.05, 3.63) is 12.4 Å². The molecule has 2 heterocycles. The Hall–Kier alpha value is -1.32. The summed E-state index contributed by atoms with van der Waals surface area (Å²) in [5.41, 5.74) is 3.03. The van der Waals surface area contributed by atoms with E-state index in [1.165, 1.54) is 0 Å². The lowest BCUT2D eigenvalue weighted by molar-refractivity contribution is 0.158. The molecule has 0 aromatic heterocycles. The quantitative estimate of drug-likeness (QED) is 0.654. The van der Waals surface area contributed by atoms with Gasteiger partial charge in [-0.3, -0.25) is 10.4 Å². The van der Waals surface area contributed by atoms with Crippen molar-refractivity contribution in [3.8, 4) is 0 Å². The van der Waals surface area contributed by atoms with Crippen LogP contribution in [0.4, 0.5) is 0 Å². The molecule has 0 saturated heterocycles. The van der Waals surface area contributed by atoms with Crippen LogP contribution in [-0.4, -0.2) is 22.6 Å². The van der Waals surface area contributed by atoms with Crippen LogP contribution in [0.2, 0.25) is 0 Å². The van der Waals surface area contributed by atoms with Crippen LogP contribution in [0.5, 0.6) is 0 Å². The molecule has 70 valence electrons. The maximum Gasteiger partial charge on any atom is 0.172 e. The van der Waals surface area contributed by atoms with E-state index in [1.54, 1.807) is 12.4 Å². The Morgan fingerprint density at radius 2 is 2.31 bits per heavy atom. The minimum atomic E-state index is -0.113. The molecule has 2 rings (SSSR count). The van der Waals surface area contributed by atoms with E-state index in [9.17, 15) is 0 Å². The van der Waals surface area contributed by atoms with Gasteiger partial charge in [0.05, 0.1) is 6.21 Å². The van der Waals surface area contributed by atoms with Gasteiger partial charge < -0.3 is 4.90 Å². The minimum Gasteiger partial charge on any atom is -0.304 e. The largest absolute Gasteiger partial charge is 0.304 e. The fourth-order valence-electron chi connectivity index (χ4n) is 1.46. The molecule has 0 radical (unpaired) electrons. The van der Waals surface area contributed by atoms with E-state index in [2.05, 4.69) is 41.2 Å². The molecule has 0 fully saturated rings.